The molecule has 11 heteroatoms. The Kier molecular flexibility index (Phi) is 4.96. The number of aromatic nitrogens is 3. The SMILES string of the molecule is O=c1[nH]c2ccc(CN[C@H]3CCC4(C3)CN(c3ncnc5sc(CC(F)(F)F)cc35)C4)cc2o1. The van der Waals surface area contributed by atoms with Gasteiger partial charge in [0.15, 0.2) is 5.58 Å². The van der Waals surface area contributed by atoms with E-state index in [0.717, 1.165) is 55.1 Å². The van der Waals surface area contributed by atoms with E-state index in [1.807, 2.05) is 18.2 Å². The van der Waals surface area contributed by atoms with Crippen LogP contribution in [0.25, 0.3) is 21.3 Å². The molecule has 0 radical (unpaired) electrons. The van der Waals surface area contributed by atoms with Crippen molar-refractivity contribution < 1.29 is 17.6 Å². The molecular formula is C23H22F3N5O2S. The van der Waals surface area contributed by atoms with Crippen molar-refractivity contribution in [3.05, 3.63) is 51.6 Å². The Balaban J connectivity index is 1.09. The number of oxazole rings is 1. The van der Waals surface area contributed by atoms with Crippen molar-refractivity contribution in [1.29, 1.82) is 0 Å². The second-order valence-corrected chi connectivity index (χ2v) is 10.6. The molecule has 7 nitrogen and oxygen atoms in total. The van der Waals surface area contributed by atoms with Gasteiger partial charge in [0.1, 0.15) is 17.0 Å². The lowest BCUT2D eigenvalue weighted by molar-refractivity contribution is -0.126. The number of aromatic amines is 1. The number of hydrogen-bond donors (Lipinski definition) is 2. The number of alkyl halides is 3. The van der Waals surface area contributed by atoms with Crippen molar-refractivity contribution in [2.45, 2.75) is 44.4 Å². The summed E-state index contributed by atoms with van der Waals surface area (Å²) in [6, 6.07) is 7.69. The van der Waals surface area contributed by atoms with Crippen LogP contribution >= 0.6 is 11.3 Å². The lowest BCUT2D eigenvalue weighted by atomic mass is 9.78. The molecule has 1 saturated heterocycles. The third-order valence-corrected chi connectivity index (χ3v) is 7.91. The summed E-state index contributed by atoms with van der Waals surface area (Å²) in [5, 5.41) is 4.33. The Bertz CT molecular complexity index is 1420. The number of benzene rings is 1. The highest BCUT2D eigenvalue weighted by Crippen LogP contribution is 2.48. The molecule has 2 N–H and O–H groups in total. The first kappa shape index (κ1) is 21.6. The van der Waals surface area contributed by atoms with Crippen molar-refractivity contribution in [3.8, 4) is 0 Å². The molecule has 3 aromatic heterocycles. The third-order valence-electron chi connectivity index (χ3n) is 6.87. The van der Waals surface area contributed by atoms with Crippen LogP contribution < -0.4 is 16.0 Å². The number of rotatable bonds is 5. The highest BCUT2D eigenvalue weighted by molar-refractivity contribution is 7.18. The molecule has 178 valence electrons. The third kappa shape index (κ3) is 4.07. The predicted molar refractivity (Wildman–Crippen MR) is 123 cm³/mol. The summed E-state index contributed by atoms with van der Waals surface area (Å²) in [5.74, 6) is 0.283. The van der Waals surface area contributed by atoms with E-state index in [1.54, 1.807) is 6.07 Å². The van der Waals surface area contributed by atoms with E-state index in [9.17, 15) is 18.0 Å². The zero-order valence-electron chi connectivity index (χ0n) is 18.1. The fraction of sp³-hybridized carbons (Fsp3) is 0.435. The monoisotopic (exact) mass is 489 g/mol. The summed E-state index contributed by atoms with van der Waals surface area (Å²) in [6.45, 7) is 2.39. The van der Waals surface area contributed by atoms with Crippen LogP contribution in [0.4, 0.5) is 19.0 Å². The van der Waals surface area contributed by atoms with Gasteiger partial charge in [0.05, 0.1) is 17.3 Å². The lowest BCUT2D eigenvalue weighted by Crippen LogP contribution is -2.56. The van der Waals surface area contributed by atoms with Gasteiger partial charge in [-0.25, -0.2) is 14.8 Å². The van der Waals surface area contributed by atoms with E-state index >= 15 is 0 Å². The van der Waals surface area contributed by atoms with Crippen molar-refractivity contribution in [1.82, 2.24) is 20.3 Å². The number of hydrogen-bond acceptors (Lipinski definition) is 7. The predicted octanol–water partition coefficient (Wildman–Crippen LogP) is 4.38. The van der Waals surface area contributed by atoms with Crippen molar-refractivity contribution >= 4 is 38.5 Å². The molecule has 2 fully saturated rings. The van der Waals surface area contributed by atoms with E-state index in [1.165, 1.54) is 6.33 Å². The number of nitrogens with zero attached hydrogens (tertiary/aromatic N) is 3. The lowest BCUT2D eigenvalue weighted by Gasteiger charge is -2.49. The van der Waals surface area contributed by atoms with Crippen LogP contribution in [-0.2, 0) is 13.0 Å². The van der Waals surface area contributed by atoms with Crippen LogP contribution in [0.2, 0.25) is 0 Å². The maximum atomic E-state index is 12.8. The molecule has 1 spiro atoms. The van der Waals surface area contributed by atoms with Crippen molar-refractivity contribution in [3.63, 3.8) is 0 Å². The average Bonchev–Trinajstić information content (AvgIpc) is 3.44. The first-order chi connectivity index (χ1) is 16.3. The first-order valence-corrected chi connectivity index (χ1v) is 12.0. The Morgan fingerprint density at radius 1 is 1.26 bits per heavy atom. The number of fused-ring (bicyclic) bond motifs is 2. The Morgan fingerprint density at radius 2 is 2.12 bits per heavy atom. The maximum Gasteiger partial charge on any atom is 0.417 e. The normalized spacial score (nSPS) is 20.0. The molecule has 1 aliphatic heterocycles. The standard InChI is InChI=1S/C23H22F3N5O2S/c24-23(25,26)8-15-6-16-19(28-12-29-20(16)34-15)31-10-22(11-31)4-3-14(7-22)27-9-13-1-2-17-18(5-13)33-21(32)30-17/h1-2,5-6,12,14,27H,3-4,7-11H2,(H,30,32)/t14-/m0/s1. The molecule has 0 bridgehead atoms. The van der Waals surface area contributed by atoms with E-state index in [0.29, 0.717) is 33.9 Å². The quantitative estimate of drug-likeness (QED) is 0.433. The molecule has 1 saturated carbocycles. The Labute approximate surface area is 196 Å². The smallest absolute Gasteiger partial charge is 0.408 e. The molecule has 0 unspecified atom stereocenters. The zero-order chi connectivity index (χ0) is 23.5. The summed E-state index contributed by atoms with van der Waals surface area (Å²) in [5.41, 5.74) is 2.52. The van der Waals surface area contributed by atoms with Crippen molar-refractivity contribution in [2.75, 3.05) is 18.0 Å². The number of anilines is 1. The van der Waals surface area contributed by atoms with Gasteiger partial charge in [-0.15, -0.1) is 11.3 Å². The molecule has 1 atom stereocenters. The van der Waals surface area contributed by atoms with Gasteiger partial charge in [-0.2, -0.15) is 13.2 Å². The largest absolute Gasteiger partial charge is 0.417 e. The second kappa shape index (κ2) is 7.81. The maximum absolute atomic E-state index is 12.8. The van der Waals surface area contributed by atoms with Gasteiger partial charge in [-0.05, 0) is 43.0 Å². The molecule has 0 amide bonds. The molecule has 1 aromatic carbocycles. The molecule has 4 aromatic rings. The number of nitrogens with one attached hydrogen (secondary N) is 2. The molecule has 2 aliphatic rings. The van der Waals surface area contributed by atoms with Gasteiger partial charge >= 0.3 is 11.9 Å². The van der Waals surface area contributed by atoms with E-state index in [-0.39, 0.29) is 10.3 Å². The van der Waals surface area contributed by atoms with Crippen LogP contribution in [0.1, 0.15) is 29.7 Å². The van der Waals surface area contributed by atoms with E-state index in [4.69, 9.17) is 4.42 Å². The molecule has 6 rings (SSSR count). The average molecular weight is 490 g/mol. The highest BCUT2D eigenvalue weighted by atomic mass is 32.1. The summed E-state index contributed by atoms with van der Waals surface area (Å²) >= 11 is 1.09. The fourth-order valence-corrected chi connectivity index (χ4v) is 6.39. The second-order valence-electron chi connectivity index (χ2n) is 9.44. The van der Waals surface area contributed by atoms with Gasteiger partial charge in [0.2, 0.25) is 0 Å². The minimum atomic E-state index is -4.23. The van der Waals surface area contributed by atoms with Crippen LogP contribution in [0.3, 0.4) is 0 Å². The van der Waals surface area contributed by atoms with Gasteiger partial charge in [-0.3, -0.25) is 4.98 Å². The van der Waals surface area contributed by atoms with E-state index in [2.05, 4.69) is 25.2 Å². The molecular weight excluding hydrogens is 467 g/mol. The van der Waals surface area contributed by atoms with Crippen molar-refractivity contribution in [2.24, 2.45) is 5.41 Å². The van der Waals surface area contributed by atoms with Gasteiger partial charge in [-0.1, -0.05) is 6.07 Å². The van der Waals surface area contributed by atoms with Crippen LogP contribution in [0.15, 0.2) is 39.8 Å². The minimum absolute atomic E-state index is 0.206. The fourth-order valence-electron chi connectivity index (χ4n) is 5.37. The Morgan fingerprint density at radius 3 is 2.94 bits per heavy atom. The van der Waals surface area contributed by atoms with Gasteiger partial charge < -0.3 is 14.6 Å². The Hall–Kier alpha value is -2.92. The number of thiophene rings is 1. The minimum Gasteiger partial charge on any atom is -0.408 e. The first-order valence-electron chi connectivity index (χ1n) is 11.2. The molecule has 4 heterocycles. The summed E-state index contributed by atoms with van der Waals surface area (Å²) in [7, 11) is 0. The topological polar surface area (TPSA) is 87.0 Å². The van der Waals surface area contributed by atoms with E-state index < -0.39 is 18.4 Å². The van der Waals surface area contributed by atoms with Crippen LogP contribution in [0, 0.1) is 5.41 Å². The van der Waals surface area contributed by atoms with Gasteiger partial charge in [0, 0.05) is 36.0 Å². The number of halogens is 3. The van der Waals surface area contributed by atoms with Crippen LogP contribution in [-0.4, -0.2) is 40.3 Å². The summed E-state index contributed by atoms with van der Waals surface area (Å²) in [6.07, 6.45) is -0.510. The number of H-pyrrole nitrogens is 1. The summed E-state index contributed by atoms with van der Waals surface area (Å²) < 4.78 is 43.6. The summed E-state index contributed by atoms with van der Waals surface area (Å²) in [4.78, 5) is 25.6. The highest BCUT2D eigenvalue weighted by Gasteiger charge is 2.48. The molecule has 34 heavy (non-hydrogen) atoms. The van der Waals surface area contributed by atoms with Gasteiger partial charge in [0.25, 0.3) is 0 Å². The van der Waals surface area contributed by atoms with Crippen LogP contribution in [0.5, 0.6) is 0 Å². The molecule has 1 aliphatic carbocycles. The zero-order valence-corrected chi connectivity index (χ0v) is 18.9.